The normalized spacial score (nSPS) is 29.8. The quantitative estimate of drug-likeness (QED) is 0.171. The first-order chi connectivity index (χ1) is 21.8. The Morgan fingerprint density at radius 3 is 1.38 bits per heavy atom. The van der Waals surface area contributed by atoms with Crippen LogP contribution in [0.2, 0.25) is 0 Å². The lowest BCUT2D eigenvalue weighted by Crippen LogP contribution is -2.65. The Morgan fingerprint density at radius 2 is 0.915 bits per heavy atom. The van der Waals surface area contributed by atoms with Gasteiger partial charge in [0.15, 0.2) is 30.5 Å². The van der Waals surface area contributed by atoms with Crippen molar-refractivity contribution >= 4 is 47.8 Å². The molecule has 2 heterocycles. The highest BCUT2D eigenvalue weighted by Crippen LogP contribution is 2.41. The molecule has 0 radical (unpaired) electrons. The van der Waals surface area contributed by atoms with Gasteiger partial charge in [0.05, 0.1) is 0 Å². The van der Waals surface area contributed by atoms with Crippen molar-refractivity contribution in [2.24, 2.45) is 0 Å². The van der Waals surface area contributed by atoms with Gasteiger partial charge in [-0.05, 0) is 0 Å². The molecule has 264 valence electrons. The average molecular weight is 679 g/mol. The summed E-state index contributed by atoms with van der Waals surface area (Å²) in [5.41, 5.74) is 0. The average Bonchev–Trinajstić information content (AvgIpc) is 3.18. The molecule has 2 rings (SSSR count). The molecular formula is C28H38O19. The van der Waals surface area contributed by atoms with E-state index in [9.17, 15) is 38.4 Å². The summed E-state index contributed by atoms with van der Waals surface area (Å²) >= 11 is 0. The van der Waals surface area contributed by atoms with Gasteiger partial charge in [-0.15, -0.1) is 0 Å². The predicted octanol–water partition coefficient (Wildman–Crippen LogP) is -0.829. The van der Waals surface area contributed by atoms with Gasteiger partial charge in [0, 0.05) is 55.4 Å². The molecule has 0 spiro atoms. The molecule has 0 bridgehead atoms. The fourth-order valence-corrected chi connectivity index (χ4v) is 4.76. The van der Waals surface area contributed by atoms with E-state index in [0.29, 0.717) is 0 Å². The molecule has 2 aliphatic rings. The third-order valence-electron chi connectivity index (χ3n) is 6.24. The van der Waals surface area contributed by atoms with Crippen molar-refractivity contribution in [1.29, 1.82) is 0 Å². The molecule has 19 nitrogen and oxygen atoms in total. The molecule has 0 N–H and O–H groups in total. The van der Waals surface area contributed by atoms with Crippen LogP contribution < -0.4 is 0 Å². The Hall–Kier alpha value is -4.36. The van der Waals surface area contributed by atoms with E-state index in [0.717, 1.165) is 55.4 Å². The van der Waals surface area contributed by atoms with Gasteiger partial charge in [-0.3, -0.25) is 38.4 Å². The summed E-state index contributed by atoms with van der Waals surface area (Å²) in [5, 5.41) is 0. The fourth-order valence-electron chi connectivity index (χ4n) is 4.76. The van der Waals surface area contributed by atoms with E-state index in [4.69, 9.17) is 52.1 Å². The van der Waals surface area contributed by atoms with Crippen molar-refractivity contribution in [2.75, 3.05) is 19.8 Å². The molecule has 2 fully saturated rings. The number of esters is 8. The van der Waals surface area contributed by atoms with Gasteiger partial charge in [0.1, 0.15) is 32.0 Å². The molecule has 0 aromatic heterocycles. The summed E-state index contributed by atoms with van der Waals surface area (Å²) < 4.78 is 60.5. The zero-order chi connectivity index (χ0) is 35.6. The SMILES string of the molecule is CC(=O)OC[C@@H]1O[C@H](O[C@]2(COC(C)=O)O[C@@H](COC(C)=O)[C@@H](OC(C)=O)[C@@H]2OC(C)=O)[C@@H](OC(C)=O)[C@H](OC(C)=O)[C@H]1OC(C)=O. The highest BCUT2D eigenvalue weighted by Gasteiger charge is 2.65. The van der Waals surface area contributed by atoms with Crippen molar-refractivity contribution in [2.45, 2.75) is 110 Å². The number of ether oxygens (including phenoxy) is 11. The lowest BCUT2D eigenvalue weighted by Gasteiger charge is -2.46. The van der Waals surface area contributed by atoms with E-state index >= 15 is 0 Å². The molecule has 47 heavy (non-hydrogen) atoms. The Balaban J connectivity index is 2.78. The number of carbonyl (C=O) groups is 8. The summed E-state index contributed by atoms with van der Waals surface area (Å²) in [6.07, 6.45) is -13.2. The Bertz CT molecular complexity index is 1210. The molecule has 0 aromatic rings. The van der Waals surface area contributed by atoms with Gasteiger partial charge in [-0.1, -0.05) is 0 Å². The third-order valence-corrected chi connectivity index (χ3v) is 6.24. The second kappa shape index (κ2) is 17.0. The number of hydrogen-bond acceptors (Lipinski definition) is 19. The fraction of sp³-hybridized carbons (Fsp3) is 0.714. The second-order valence-electron chi connectivity index (χ2n) is 10.3. The maximum absolute atomic E-state index is 12.3. The van der Waals surface area contributed by atoms with Crippen LogP contribution in [0.3, 0.4) is 0 Å². The van der Waals surface area contributed by atoms with Crippen molar-refractivity contribution in [1.82, 2.24) is 0 Å². The van der Waals surface area contributed by atoms with E-state index in [1.807, 2.05) is 0 Å². The zero-order valence-electron chi connectivity index (χ0n) is 27.0. The van der Waals surface area contributed by atoms with Crippen LogP contribution in [0, 0.1) is 0 Å². The summed E-state index contributed by atoms with van der Waals surface area (Å²) in [7, 11) is 0. The van der Waals surface area contributed by atoms with E-state index in [2.05, 4.69) is 0 Å². The lowest BCUT2D eigenvalue weighted by atomic mass is 9.97. The third kappa shape index (κ3) is 11.4. The second-order valence-corrected chi connectivity index (χ2v) is 10.3. The molecular weight excluding hydrogens is 640 g/mol. The van der Waals surface area contributed by atoms with Crippen molar-refractivity contribution < 1.29 is 90.5 Å². The van der Waals surface area contributed by atoms with Crippen LogP contribution in [-0.4, -0.2) is 122 Å². The molecule has 2 aliphatic heterocycles. The number of hydrogen-bond donors (Lipinski definition) is 0. The first kappa shape index (κ1) is 38.8. The van der Waals surface area contributed by atoms with E-state index in [-0.39, 0.29) is 0 Å². The minimum atomic E-state index is -2.48. The lowest BCUT2D eigenvalue weighted by molar-refractivity contribution is -0.384. The number of carbonyl (C=O) groups excluding carboxylic acids is 8. The highest BCUT2D eigenvalue weighted by molar-refractivity contribution is 5.69. The van der Waals surface area contributed by atoms with E-state index in [1.54, 1.807) is 0 Å². The molecule has 0 saturated carbocycles. The summed E-state index contributed by atoms with van der Waals surface area (Å²) in [5.74, 6) is -9.54. The molecule has 19 heteroatoms. The van der Waals surface area contributed by atoms with Crippen molar-refractivity contribution in [3.05, 3.63) is 0 Å². The van der Waals surface area contributed by atoms with Crippen LogP contribution in [0.25, 0.3) is 0 Å². The predicted molar refractivity (Wildman–Crippen MR) is 145 cm³/mol. The van der Waals surface area contributed by atoms with Crippen LogP contribution in [0.5, 0.6) is 0 Å². The largest absolute Gasteiger partial charge is 0.463 e. The van der Waals surface area contributed by atoms with Gasteiger partial charge in [0.25, 0.3) is 0 Å². The topological polar surface area (TPSA) is 238 Å². The zero-order valence-corrected chi connectivity index (χ0v) is 27.0. The van der Waals surface area contributed by atoms with Gasteiger partial charge < -0.3 is 52.1 Å². The molecule has 0 amide bonds. The monoisotopic (exact) mass is 678 g/mol. The Morgan fingerprint density at radius 1 is 0.489 bits per heavy atom. The van der Waals surface area contributed by atoms with E-state index in [1.165, 1.54) is 0 Å². The molecule has 0 unspecified atom stereocenters. The van der Waals surface area contributed by atoms with Crippen LogP contribution in [0.4, 0.5) is 0 Å². The highest BCUT2D eigenvalue weighted by atomic mass is 16.8. The van der Waals surface area contributed by atoms with Crippen LogP contribution in [0.1, 0.15) is 55.4 Å². The smallest absolute Gasteiger partial charge is 0.303 e. The first-order valence-electron chi connectivity index (χ1n) is 14.1. The van der Waals surface area contributed by atoms with Gasteiger partial charge in [-0.2, -0.15) is 0 Å². The van der Waals surface area contributed by atoms with Gasteiger partial charge >= 0.3 is 47.8 Å². The molecule has 0 aliphatic carbocycles. The molecule has 2 saturated heterocycles. The van der Waals surface area contributed by atoms with Crippen LogP contribution >= 0.6 is 0 Å². The minimum absolute atomic E-state index is 0.588. The Kier molecular flexibility index (Phi) is 14.0. The van der Waals surface area contributed by atoms with Gasteiger partial charge in [-0.25, -0.2) is 0 Å². The maximum Gasteiger partial charge on any atom is 0.303 e. The molecule has 9 atom stereocenters. The Labute approximate surface area is 268 Å². The summed E-state index contributed by atoms with van der Waals surface area (Å²) in [6.45, 7) is 6.12. The summed E-state index contributed by atoms with van der Waals surface area (Å²) in [6, 6.07) is 0. The minimum Gasteiger partial charge on any atom is -0.463 e. The van der Waals surface area contributed by atoms with Gasteiger partial charge in [0.2, 0.25) is 12.1 Å². The summed E-state index contributed by atoms with van der Waals surface area (Å²) in [4.78, 5) is 96.4. The maximum atomic E-state index is 12.3. The van der Waals surface area contributed by atoms with Crippen LogP contribution in [0.15, 0.2) is 0 Å². The van der Waals surface area contributed by atoms with E-state index < -0.39 is 122 Å². The molecule has 0 aromatic carbocycles. The standard InChI is InChI=1S/C28H38O19/c1-12(29)37-9-20-22(40-15(4)32)24(42-17(6)34)25(43-18(7)35)27(45-20)47-28(11-39-14(3)31)26(44-19(8)36)23(41-16(5)33)21(46-28)10-38-13(2)30/h20-27H,9-11H2,1-8H3/t20-,21-,22-,23+,24+,25-,26-,27+,28-/m0/s1. The van der Waals surface area contributed by atoms with Crippen molar-refractivity contribution in [3.63, 3.8) is 0 Å². The first-order valence-corrected chi connectivity index (χ1v) is 14.1. The van der Waals surface area contributed by atoms with Crippen molar-refractivity contribution in [3.8, 4) is 0 Å². The number of rotatable bonds is 13. The van der Waals surface area contributed by atoms with Crippen LogP contribution in [-0.2, 0) is 90.5 Å².